The van der Waals surface area contributed by atoms with E-state index in [2.05, 4.69) is 9.44 Å². The average Bonchev–Trinajstić information content (AvgIpc) is 3.01. The topological polar surface area (TPSA) is 111 Å². The molecule has 0 bridgehead atoms. The maximum absolute atomic E-state index is 12.8. The summed E-state index contributed by atoms with van der Waals surface area (Å²) in [6, 6.07) is 15.6. The standard InChI is InChI=1S/C23H24N2O6S2/c1-16-4-5-17(2)23(14-16)33(28,29)25-19-8-6-18(7-9-19)24-32(26,27)20-10-11-21-22(15-20)31-13-3-12-30-21/h4-11,14-15,24-25H,3,12-13H2,1-2H3. The largest absolute Gasteiger partial charge is 0.490 e. The van der Waals surface area contributed by atoms with Crippen LogP contribution in [0.3, 0.4) is 0 Å². The second-order valence-electron chi connectivity index (χ2n) is 7.72. The number of sulfonamides is 2. The van der Waals surface area contributed by atoms with Gasteiger partial charge in [-0.2, -0.15) is 0 Å². The molecular weight excluding hydrogens is 464 g/mol. The maximum Gasteiger partial charge on any atom is 0.262 e. The second-order valence-corrected chi connectivity index (χ2v) is 11.0. The van der Waals surface area contributed by atoms with Crippen molar-refractivity contribution in [1.29, 1.82) is 0 Å². The van der Waals surface area contributed by atoms with Gasteiger partial charge >= 0.3 is 0 Å². The van der Waals surface area contributed by atoms with Gasteiger partial charge < -0.3 is 9.47 Å². The average molecular weight is 489 g/mol. The highest BCUT2D eigenvalue weighted by atomic mass is 32.2. The lowest BCUT2D eigenvalue weighted by molar-refractivity contribution is 0.297. The van der Waals surface area contributed by atoms with Gasteiger partial charge in [0.05, 0.1) is 23.0 Å². The number of ether oxygens (including phenoxy) is 2. The number of fused-ring (bicyclic) bond motifs is 1. The Kier molecular flexibility index (Phi) is 6.22. The molecule has 0 radical (unpaired) electrons. The minimum atomic E-state index is -3.88. The molecule has 1 aliphatic rings. The SMILES string of the molecule is Cc1ccc(C)c(S(=O)(=O)Nc2ccc(NS(=O)(=O)c3ccc4c(c3)OCCCO4)cc2)c1. The first kappa shape index (κ1) is 22.9. The minimum Gasteiger partial charge on any atom is -0.490 e. The van der Waals surface area contributed by atoms with Gasteiger partial charge in [0.1, 0.15) is 0 Å². The normalized spacial score (nSPS) is 13.8. The van der Waals surface area contributed by atoms with Gasteiger partial charge in [0.15, 0.2) is 11.5 Å². The van der Waals surface area contributed by atoms with Crippen LogP contribution in [0.25, 0.3) is 0 Å². The number of rotatable bonds is 6. The van der Waals surface area contributed by atoms with Crippen LogP contribution >= 0.6 is 0 Å². The molecule has 1 heterocycles. The van der Waals surface area contributed by atoms with Crippen LogP contribution in [-0.4, -0.2) is 30.0 Å². The van der Waals surface area contributed by atoms with Crippen molar-refractivity contribution in [2.45, 2.75) is 30.1 Å². The molecule has 1 aliphatic heterocycles. The molecule has 0 aromatic heterocycles. The summed E-state index contributed by atoms with van der Waals surface area (Å²) in [6.07, 6.45) is 0.717. The quantitative estimate of drug-likeness (QED) is 0.541. The zero-order valence-corrected chi connectivity index (χ0v) is 19.8. The Morgan fingerprint density at radius 3 is 1.97 bits per heavy atom. The predicted molar refractivity (Wildman–Crippen MR) is 126 cm³/mol. The highest BCUT2D eigenvalue weighted by Gasteiger charge is 2.20. The van der Waals surface area contributed by atoms with E-state index in [1.807, 2.05) is 13.0 Å². The van der Waals surface area contributed by atoms with Crippen LogP contribution in [0.15, 0.2) is 70.5 Å². The molecule has 0 saturated carbocycles. The molecule has 0 aliphatic carbocycles. The van der Waals surface area contributed by atoms with Gasteiger partial charge in [0.2, 0.25) is 0 Å². The molecule has 10 heteroatoms. The van der Waals surface area contributed by atoms with Gasteiger partial charge in [-0.15, -0.1) is 0 Å². The third-order valence-electron chi connectivity index (χ3n) is 5.05. The zero-order valence-electron chi connectivity index (χ0n) is 18.2. The van der Waals surface area contributed by atoms with Crippen LogP contribution in [0.1, 0.15) is 17.5 Å². The summed E-state index contributed by atoms with van der Waals surface area (Å²) in [5, 5.41) is 0. The van der Waals surface area contributed by atoms with Gasteiger partial charge in [0, 0.05) is 23.9 Å². The van der Waals surface area contributed by atoms with E-state index in [4.69, 9.17) is 9.47 Å². The van der Waals surface area contributed by atoms with Crippen LogP contribution < -0.4 is 18.9 Å². The van der Waals surface area contributed by atoms with Crippen molar-refractivity contribution >= 4 is 31.4 Å². The van der Waals surface area contributed by atoms with Gasteiger partial charge in [-0.3, -0.25) is 9.44 Å². The Hall–Kier alpha value is -3.24. The monoisotopic (exact) mass is 488 g/mol. The number of nitrogens with one attached hydrogen (secondary N) is 2. The molecule has 33 heavy (non-hydrogen) atoms. The van der Waals surface area contributed by atoms with Crippen molar-refractivity contribution in [2.24, 2.45) is 0 Å². The fourth-order valence-corrected chi connectivity index (χ4v) is 5.80. The smallest absolute Gasteiger partial charge is 0.262 e. The van der Waals surface area contributed by atoms with E-state index < -0.39 is 20.0 Å². The number of aryl methyl sites for hydroxylation is 2. The minimum absolute atomic E-state index is 0.0338. The second kappa shape index (κ2) is 8.95. The Labute approximate surface area is 193 Å². The summed E-state index contributed by atoms with van der Waals surface area (Å²) in [5.74, 6) is 0.888. The van der Waals surface area contributed by atoms with Gasteiger partial charge in [0.25, 0.3) is 20.0 Å². The molecule has 8 nitrogen and oxygen atoms in total. The van der Waals surface area contributed by atoms with Crippen molar-refractivity contribution in [3.05, 3.63) is 71.8 Å². The highest BCUT2D eigenvalue weighted by molar-refractivity contribution is 7.93. The lowest BCUT2D eigenvalue weighted by atomic mass is 10.2. The maximum atomic E-state index is 12.8. The molecule has 0 spiro atoms. The molecule has 4 rings (SSSR count). The molecule has 0 amide bonds. The molecule has 0 atom stereocenters. The third kappa shape index (κ3) is 5.23. The van der Waals surface area contributed by atoms with Crippen LogP contribution in [0.5, 0.6) is 11.5 Å². The van der Waals surface area contributed by atoms with Crippen molar-refractivity contribution in [3.8, 4) is 11.5 Å². The Morgan fingerprint density at radius 1 is 0.697 bits per heavy atom. The van der Waals surface area contributed by atoms with Crippen molar-refractivity contribution in [2.75, 3.05) is 22.7 Å². The number of benzene rings is 3. The number of anilines is 2. The van der Waals surface area contributed by atoms with Crippen LogP contribution in [0, 0.1) is 13.8 Å². The van der Waals surface area contributed by atoms with E-state index in [9.17, 15) is 16.8 Å². The zero-order chi connectivity index (χ0) is 23.6. The molecule has 174 valence electrons. The molecule has 0 fully saturated rings. The molecule has 0 unspecified atom stereocenters. The van der Waals surface area contributed by atoms with E-state index in [1.54, 1.807) is 25.1 Å². The fraction of sp³-hybridized carbons (Fsp3) is 0.217. The summed E-state index contributed by atoms with van der Waals surface area (Å²) in [6.45, 7) is 4.51. The Balaban J connectivity index is 1.50. The number of hydrogen-bond donors (Lipinski definition) is 2. The van der Waals surface area contributed by atoms with Gasteiger partial charge in [-0.1, -0.05) is 12.1 Å². The molecule has 3 aromatic carbocycles. The van der Waals surface area contributed by atoms with Gasteiger partial charge in [-0.25, -0.2) is 16.8 Å². The van der Waals surface area contributed by atoms with Crippen LogP contribution in [0.2, 0.25) is 0 Å². The Bertz CT molecular complexity index is 1380. The Morgan fingerprint density at radius 2 is 1.30 bits per heavy atom. The summed E-state index contributed by atoms with van der Waals surface area (Å²) < 4.78 is 67.3. The summed E-state index contributed by atoms with van der Waals surface area (Å²) in [4.78, 5) is 0.230. The number of hydrogen-bond acceptors (Lipinski definition) is 6. The highest BCUT2D eigenvalue weighted by Crippen LogP contribution is 2.32. The molecular formula is C23H24N2O6S2. The predicted octanol–water partition coefficient (Wildman–Crippen LogP) is 4.07. The van der Waals surface area contributed by atoms with E-state index in [-0.39, 0.29) is 15.5 Å². The van der Waals surface area contributed by atoms with Crippen LogP contribution in [-0.2, 0) is 20.0 Å². The van der Waals surface area contributed by atoms with Crippen molar-refractivity contribution in [1.82, 2.24) is 0 Å². The molecule has 2 N–H and O–H groups in total. The van der Waals surface area contributed by atoms with Crippen molar-refractivity contribution in [3.63, 3.8) is 0 Å². The van der Waals surface area contributed by atoms with Crippen molar-refractivity contribution < 1.29 is 26.3 Å². The lowest BCUT2D eigenvalue weighted by Gasteiger charge is -2.13. The summed E-state index contributed by atoms with van der Waals surface area (Å²) in [5.41, 5.74) is 2.07. The first-order valence-electron chi connectivity index (χ1n) is 10.3. The van der Waals surface area contributed by atoms with Crippen LogP contribution in [0.4, 0.5) is 11.4 Å². The summed E-state index contributed by atoms with van der Waals surface area (Å²) >= 11 is 0. The van der Waals surface area contributed by atoms with E-state index >= 15 is 0 Å². The fourth-order valence-electron chi connectivity index (χ4n) is 3.34. The lowest BCUT2D eigenvalue weighted by Crippen LogP contribution is -2.15. The van der Waals surface area contributed by atoms with Gasteiger partial charge in [-0.05, 0) is 67.4 Å². The van der Waals surface area contributed by atoms with E-state index in [0.717, 1.165) is 5.56 Å². The molecule has 3 aromatic rings. The first-order chi connectivity index (χ1) is 15.6. The third-order valence-corrected chi connectivity index (χ3v) is 7.95. The van der Waals surface area contributed by atoms with E-state index in [0.29, 0.717) is 42.4 Å². The molecule has 0 saturated heterocycles. The summed E-state index contributed by atoms with van der Waals surface area (Å²) in [7, 11) is -7.67. The van der Waals surface area contributed by atoms with E-state index in [1.165, 1.54) is 36.4 Å². The first-order valence-corrected chi connectivity index (χ1v) is 13.2.